The Morgan fingerprint density at radius 2 is 1.47 bits per heavy atom. The maximum Gasteiger partial charge on any atom is 0.0613 e. The number of hydrogen-bond donors (Lipinski definition) is 0. The van der Waals surface area contributed by atoms with Gasteiger partial charge in [-0.25, -0.2) is 0 Å². The van der Waals surface area contributed by atoms with Gasteiger partial charge in [-0.3, -0.25) is 0 Å². The van der Waals surface area contributed by atoms with Gasteiger partial charge in [0.05, 0.1) is 11.0 Å². The van der Waals surface area contributed by atoms with E-state index in [1.54, 1.807) is 5.57 Å². The number of benzene rings is 4. The van der Waals surface area contributed by atoms with Gasteiger partial charge in [-0.15, -0.1) is 0 Å². The van der Waals surface area contributed by atoms with E-state index in [9.17, 15) is 0 Å². The molecule has 2 aliphatic rings. The van der Waals surface area contributed by atoms with Gasteiger partial charge in [-0.05, 0) is 122 Å². The molecular weight excluding hydrogens is 615 g/mol. The zero-order chi connectivity index (χ0) is 36.5. The minimum absolute atomic E-state index is 0.978. The van der Waals surface area contributed by atoms with E-state index in [4.69, 9.17) is 0 Å². The van der Waals surface area contributed by atoms with Gasteiger partial charge in [0.25, 0.3) is 0 Å². The standard InChI is InChI=1S/C45H45N.C3H8.C2H6/c1-6-16-38-31(7-2)25-36-26-34(23-24-39(36)38)41-27-33(20-15-17-30(41)5)42-28-35(32-18-11-10-12-19-32)29-43-40-21-13-14-22-44(40)46(45(42)43)37(8-3)9-4;1-3-2;1-2/h6,8,10-14,16,18-19,21-24,26-29H,7,9,15,17,20,25H2,1-5H3;3H2,1-2H3;1-2H3/b16-6-,37-8+;;. The summed E-state index contributed by atoms with van der Waals surface area (Å²) < 4.78 is 2.55. The fourth-order valence-corrected chi connectivity index (χ4v) is 7.90. The lowest BCUT2D eigenvalue weighted by Gasteiger charge is -2.17. The molecule has 51 heavy (non-hydrogen) atoms. The molecule has 0 spiro atoms. The van der Waals surface area contributed by atoms with Crippen molar-refractivity contribution in [3.63, 3.8) is 0 Å². The lowest BCUT2D eigenvalue weighted by Crippen LogP contribution is -1.99. The van der Waals surface area contributed by atoms with E-state index in [0.717, 1.165) is 38.5 Å². The molecule has 1 nitrogen and oxygen atoms in total. The van der Waals surface area contributed by atoms with Crippen molar-refractivity contribution < 1.29 is 0 Å². The molecule has 0 aliphatic heterocycles. The lowest BCUT2D eigenvalue weighted by molar-refractivity contribution is 0.851. The Morgan fingerprint density at radius 3 is 2.16 bits per heavy atom. The number of fused-ring (bicyclic) bond motifs is 4. The van der Waals surface area contributed by atoms with Gasteiger partial charge in [-0.1, -0.05) is 150 Å². The summed E-state index contributed by atoms with van der Waals surface area (Å²) in [5, 5.41) is 2.65. The Bertz CT molecular complexity index is 2140. The van der Waals surface area contributed by atoms with Crippen molar-refractivity contribution in [2.24, 2.45) is 0 Å². The quantitative estimate of drug-likeness (QED) is 0.162. The molecule has 0 radical (unpaired) electrons. The van der Waals surface area contributed by atoms with Crippen LogP contribution in [0.4, 0.5) is 0 Å². The molecule has 1 heterocycles. The van der Waals surface area contributed by atoms with E-state index in [2.05, 4.69) is 162 Å². The molecule has 0 amide bonds. The Labute approximate surface area is 308 Å². The monoisotopic (exact) mass is 673 g/mol. The van der Waals surface area contributed by atoms with E-state index >= 15 is 0 Å². The van der Waals surface area contributed by atoms with Crippen LogP contribution in [0.5, 0.6) is 0 Å². The molecule has 0 saturated carbocycles. The number of rotatable bonds is 7. The van der Waals surface area contributed by atoms with Crippen LogP contribution in [-0.4, -0.2) is 4.57 Å². The molecular formula is C50H59N. The van der Waals surface area contributed by atoms with Gasteiger partial charge in [0.1, 0.15) is 0 Å². The highest BCUT2D eigenvalue weighted by atomic mass is 15.0. The van der Waals surface area contributed by atoms with Crippen molar-refractivity contribution in [3.05, 3.63) is 143 Å². The average molecular weight is 674 g/mol. The summed E-state index contributed by atoms with van der Waals surface area (Å²) in [5.41, 5.74) is 19.4. The predicted molar refractivity (Wildman–Crippen MR) is 229 cm³/mol. The van der Waals surface area contributed by atoms with Crippen molar-refractivity contribution in [1.82, 2.24) is 4.57 Å². The first-order valence-electron chi connectivity index (χ1n) is 19.6. The third-order valence-electron chi connectivity index (χ3n) is 10.2. The van der Waals surface area contributed by atoms with Crippen LogP contribution in [0.15, 0.2) is 120 Å². The maximum absolute atomic E-state index is 2.55. The zero-order valence-corrected chi connectivity index (χ0v) is 32.8. The van der Waals surface area contributed by atoms with Crippen LogP contribution in [0, 0.1) is 0 Å². The number of aromatic nitrogens is 1. The molecule has 7 rings (SSSR count). The molecule has 0 saturated heterocycles. The number of para-hydroxylation sites is 1. The predicted octanol–water partition coefficient (Wildman–Crippen LogP) is 15.5. The molecule has 264 valence electrons. The SMILES string of the molecule is C/C=C\C1=C(CC)Cc2cc(C3=C(C)CCCC(c4cc(-c5ccccc5)cc5c6ccccc6n(/C(=C/C)CC)c45)=C3)ccc21.CC.CCC. The van der Waals surface area contributed by atoms with Crippen molar-refractivity contribution in [1.29, 1.82) is 0 Å². The van der Waals surface area contributed by atoms with Crippen LogP contribution in [0.25, 0.3) is 55.3 Å². The van der Waals surface area contributed by atoms with Crippen LogP contribution in [-0.2, 0) is 6.42 Å². The molecule has 5 aromatic rings. The van der Waals surface area contributed by atoms with Gasteiger partial charge >= 0.3 is 0 Å². The van der Waals surface area contributed by atoms with Crippen molar-refractivity contribution in [3.8, 4) is 11.1 Å². The topological polar surface area (TPSA) is 4.93 Å². The van der Waals surface area contributed by atoms with Crippen LogP contribution in [0.1, 0.15) is 123 Å². The molecule has 1 heteroatoms. The van der Waals surface area contributed by atoms with Gasteiger partial charge in [-0.2, -0.15) is 0 Å². The molecule has 0 bridgehead atoms. The van der Waals surface area contributed by atoms with E-state index < -0.39 is 0 Å². The zero-order valence-electron chi connectivity index (χ0n) is 32.8. The summed E-state index contributed by atoms with van der Waals surface area (Å²) in [6.45, 7) is 19.5. The normalized spacial score (nSPS) is 14.7. The number of hydrogen-bond acceptors (Lipinski definition) is 0. The van der Waals surface area contributed by atoms with Gasteiger partial charge in [0.2, 0.25) is 0 Å². The highest BCUT2D eigenvalue weighted by molar-refractivity contribution is 6.15. The lowest BCUT2D eigenvalue weighted by atomic mass is 9.91. The van der Waals surface area contributed by atoms with Crippen LogP contribution in [0.3, 0.4) is 0 Å². The molecule has 2 aliphatic carbocycles. The minimum Gasteiger partial charge on any atom is -0.313 e. The Balaban J connectivity index is 0.000000959. The van der Waals surface area contributed by atoms with Crippen LogP contribution >= 0.6 is 0 Å². The smallest absolute Gasteiger partial charge is 0.0613 e. The van der Waals surface area contributed by atoms with E-state index in [-0.39, 0.29) is 0 Å². The molecule has 0 unspecified atom stereocenters. The molecule has 0 fully saturated rings. The fraction of sp³-hybridized carbons (Fsp3) is 0.320. The Kier molecular flexibility index (Phi) is 12.9. The van der Waals surface area contributed by atoms with Crippen molar-refractivity contribution in [2.75, 3.05) is 0 Å². The molecule has 0 N–H and O–H groups in total. The van der Waals surface area contributed by atoms with E-state index in [1.165, 1.54) is 89.6 Å². The fourth-order valence-electron chi connectivity index (χ4n) is 7.90. The summed E-state index contributed by atoms with van der Waals surface area (Å²) in [4.78, 5) is 0. The number of nitrogens with zero attached hydrogens (tertiary/aromatic N) is 1. The van der Waals surface area contributed by atoms with Crippen molar-refractivity contribution >= 4 is 44.2 Å². The summed E-state index contributed by atoms with van der Waals surface area (Å²) in [6, 6.07) is 32.0. The molecule has 1 aromatic heterocycles. The first kappa shape index (κ1) is 37.6. The van der Waals surface area contributed by atoms with Crippen molar-refractivity contribution in [2.45, 2.75) is 107 Å². The van der Waals surface area contributed by atoms with Crippen LogP contribution < -0.4 is 0 Å². The van der Waals surface area contributed by atoms with E-state index in [0.29, 0.717) is 0 Å². The highest BCUT2D eigenvalue weighted by Crippen LogP contribution is 2.44. The summed E-state index contributed by atoms with van der Waals surface area (Å²) in [5.74, 6) is 0. The number of allylic oxidation sites excluding steroid dienone is 10. The molecule has 0 atom stereocenters. The van der Waals surface area contributed by atoms with Gasteiger partial charge in [0.15, 0.2) is 0 Å². The highest BCUT2D eigenvalue weighted by Gasteiger charge is 2.23. The summed E-state index contributed by atoms with van der Waals surface area (Å²) in [6.07, 6.45) is 17.1. The first-order valence-corrected chi connectivity index (χ1v) is 19.6. The minimum atomic E-state index is 0.978. The molecule has 4 aromatic carbocycles. The largest absolute Gasteiger partial charge is 0.313 e. The maximum atomic E-state index is 2.55. The van der Waals surface area contributed by atoms with Gasteiger partial charge < -0.3 is 4.57 Å². The second-order valence-corrected chi connectivity index (χ2v) is 13.6. The van der Waals surface area contributed by atoms with Gasteiger partial charge in [0, 0.05) is 22.0 Å². The van der Waals surface area contributed by atoms with Crippen LogP contribution in [0.2, 0.25) is 0 Å². The third kappa shape index (κ3) is 7.55. The Morgan fingerprint density at radius 1 is 0.745 bits per heavy atom. The summed E-state index contributed by atoms with van der Waals surface area (Å²) in [7, 11) is 0. The second kappa shape index (κ2) is 17.5. The first-order chi connectivity index (χ1) is 25.0. The second-order valence-electron chi connectivity index (χ2n) is 13.6. The van der Waals surface area contributed by atoms with E-state index in [1.807, 2.05) is 13.8 Å². The summed E-state index contributed by atoms with van der Waals surface area (Å²) >= 11 is 0. The average Bonchev–Trinajstić information content (AvgIpc) is 3.61. The third-order valence-corrected chi connectivity index (χ3v) is 10.2. The Hall–Kier alpha value is -4.62.